The maximum Gasteiger partial charge on any atom is 0.251 e. The molecular formula is C19H29N3O2. The van der Waals surface area contributed by atoms with Crippen molar-refractivity contribution in [2.75, 3.05) is 25.0 Å². The Kier molecular flexibility index (Phi) is 7.09. The van der Waals surface area contributed by atoms with Gasteiger partial charge in [-0.2, -0.15) is 0 Å². The van der Waals surface area contributed by atoms with Crippen LogP contribution in [0.15, 0.2) is 24.3 Å². The number of carbonyl (C=O) groups excluding carboxylic acids is 2. The van der Waals surface area contributed by atoms with Crippen LogP contribution in [0.5, 0.6) is 0 Å². The first-order chi connectivity index (χ1) is 11.6. The van der Waals surface area contributed by atoms with Gasteiger partial charge in [-0.15, -0.1) is 0 Å². The molecule has 1 aliphatic heterocycles. The first-order valence-corrected chi connectivity index (χ1v) is 9.02. The van der Waals surface area contributed by atoms with Crippen molar-refractivity contribution in [3.63, 3.8) is 0 Å². The van der Waals surface area contributed by atoms with Gasteiger partial charge in [-0.25, -0.2) is 0 Å². The number of amides is 2. The molecule has 1 saturated heterocycles. The fraction of sp³-hybridized carbons (Fsp3) is 0.579. The second-order valence-corrected chi connectivity index (χ2v) is 6.51. The van der Waals surface area contributed by atoms with E-state index in [4.69, 9.17) is 0 Å². The van der Waals surface area contributed by atoms with E-state index in [1.807, 2.05) is 30.9 Å². The van der Waals surface area contributed by atoms with Crippen LogP contribution in [0.3, 0.4) is 0 Å². The zero-order valence-electron chi connectivity index (χ0n) is 14.8. The van der Waals surface area contributed by atoms with Crippen LogP contribution in [0.1, 0.15) is 56.3 Å². The van der Waals surface area contributed by atoms with Crippen molar-refractivity contribution in [3.05, 3.63) is 29.8 Å². The van der Waals surface area contributed by atoms with Crippen molar-refractivity contribution in [3.8, 4) is 0 Å². The Morgan fingerprint density at radius 2 is 1.71 bits per heavy atom. The Bertz CT molecular complexity index is 534. The number of likely N-dealkylation sites (tertiary alicyclic amines) is 1. The maximum absolute atomic E-state index is 12.3. The van der Waals surface area contributed by atoms with Gasteiger partial charge >= 0.3 is 0 Å². The molecule has 1 heterocycles. The molecule has 5 nitrogen and oxygen atoms in total. The van der Waals surface area contributed by atoms with Gasteiger partial charge < -0.3 is 15.5 Å². The number of carbonyl (C=O) groups is 2. The highest BCUT2D eigenvalue weighted by Crippen LogP contribution is 2.12. The van der Waals surface area contributed by atoms with Crippen LogP contribution >= 0.6 is 0 Å². The summed E-state index contributed by atoms with van der Waals surface area (Å²) in [5, 5.41) is 6.10. The standard InChI is InChI=1S/C19H29N3O2/c1-3-15(2)21-19(24)16-8-10-17(11-9-16)20-14-18(23)22-12-6-4-5-7-13-22/h8-11,15,20H,3-7,12-14H2,1-2H3,(H,21,24). The van der Waals surface area contributed by atoms with E-state index < -0.39 is 0 Å². The maximum atomic E-state index is 12.3. The predicted octanol–water partition coefficient (Wildman–Crippen LogP) is 3.03. The highest BCUT2D eigenvalue weighted by molar-refractivity contribution is 5.94. The SMILES string of the molecule is CCC(C)NC(=O)c1ccc(NCC(=O)N2CCCCCC2)cc1. The molecule has 1 unspecified atom stereocenters. The van der Waals surface area contributed by atoms with Crippen LogP contribution in [0.4, 0.5) is 5.69 Å². The molecular weight excluding hydrogens is 302 g/mol. The first kappa shape index (κ1) is 18.3. The number of hydrogen-bond donors (Lipinski definition) is 2. The molecule has 132 valence electrons. The summed E-state index contributed by atoms with van der Waals surface area (Å²) >= 11 is 0. The molecule has 1 aromatic rings. The largest absolute Gasteiger partial charge is 0.376 e. The second kappa shape index (κ2) is 9.30. The molecule has 24 heavy (non-hydrogen) atoms. The van der Waals surface area contributed by atoms with E-state index in [0.29, 0.717) is 12.1 Å². The van der Waals surface area contributed by atoms with Crippen LogP contribution in [0, 0.1) is 0 Å². The number of anilines is 1. The number of nitrogens with zero attached hydrogens (tertiary/aromatic N) is 1. The highest BCUT2D eigenvalue weighted by atomic mass is 16.2. The molecule has 0 bridgehead atoms. The van der Waals surface area contributed by atoms with Crippen molar-refractivity contribution in [1.29, 1.82) is 0 Å². The molecule has 2 rings (SSSR count). The monoisotopic (exact) mass is 331 g/mol. The van der Waals surface area contributed by atoms with E-state index in [1.54, 1.807) is 12.1 Å². The second-order valence-electron chi connectivity index (χ2n) is 6.51. The van der Waals surface area contributed by atoms with Crippen molar-refractivity contribution in [1.82, 2.24) is 10.2 Å². The summed E-state index contributed by atoms with van der Waals surface area (Å²) in [5.41, 5.74) is 1.50. The van der Waals surface area contributed by atoms with Gasteiger partial charge in [0.05, 0.1) is 6.54 Å². The summed E-state index contributed by atoms with van der Waals surface area (Å²) in [7, 11) is 0. The van der Waals surface area contributed by atoms with E-state index in [2.05, 4.69) is 10.6 Å². The van der Waals surface area contributed by atoms with E-state index in [9.17, 15) is 9.59 Å². The number of hydrogen-bond acceptors (Lipinski definition) is 3. The number of rotatable bonds is 6. The van der Waals surface area contributed by atoms with Crippen LogP contribution in [0.2, 0.25) is 0 Å². The summed E-state index contributed by atoms with van der Waals surface area (Å²) in [5.74, 6) is 0.0898. The average Bonchev–Trinajstić information content (AvgIpc) is 2.89. The van der Waals surface area contributed by atoms with Crippen LogP contribution in [-0.2, 0) is 4.79 Å². The van der Waals surface area contributed by atoms with Crippen LogP contribution in [0.25, 0.3) is 0 Å². The van der Waals surface area contributed by atoms with E-state index >= 15 is 0 Å². The lowest BCUT2D eigenvalue weighted by atomic mass is 10.1. The zero-order chi connectivity index (χ0) is 17.4. The quantitative estimate of drug-likeness (QED) is 0.842. The fourth-order valence-corrected chi connectivity index (χ4v) is 2.76. The lowest BCUT2D eigenvalue weighted by Crippen LogP contribution is -2.36. The lowest BCUT2D eigenvalue weighted by molar-refractivity contribution is -0.129. The normalized spacial score (nSPS) is 16.2. The molecule has 0 saturated carbocycles. The van der Waals surface area contributed by atoms with Crippen molar-refractivity contribution >= 4 is 17.5 Å². The number of nitrogens with one attached hydrogen (secondary N) is 2. The van der Waals surface area contributed by atoms with Crippen LogP contribution < -0.4 is 10.6 Å². The minimum Gasteiger partial charge on any atom is -0.376 e. The smallest absolute Gasteiger partial charge is 0.251 e. The van der Waals surface area contributed by atoms with Gasteiger partial charge in [0.2, 0.25) is 5.91 Å². The van der Waals surface area contributed by atoms with Gasteiger partial charge in [0.25, 0.3) is 5.91 Å². The predicted molar refractivity (Wildman–Crippen MR) is 97.2 cm³/mol. The lowest BCUT2D eigenvalue weighted by Gasteiger charge is -2.20. The molecule has 1 fully saturated rings. The average molecular weight is 331 g/mol. The van der Waals surface area contributed by atoms with Gasteiger partial charge in [-0.05, 0) is 50.5 Å². The third-order valence-electron chi connectivity index (χ3n) is 4.54. The topological polar surface area (TPSA) is 61.4 Å². The Labute approximate surface area is 144 Å². The Morgan fingerprint density at radius 1 is 1.08 bits per heavy atom. The van der Waals surface area contributed by atoms with Gasteiger partial charge in [-0.3, -0.25) is 9.59 Å². The minimum atomic E-state index is -0.0588. The van der Waals surface area contributed by atoms with Gasteiger partial charge in [0, 0.05) is 30.4 Å². The minimum absolute atomic E-state index is 0.0588. The van der Waals surface area contributed by atoms with E-state index in [0.717, 1.165) is 38.0 Å². The Balaban J connectivity index is 1.82. The van der Waals surface area contributed by atoms with Gasteiger partial charge in [-0.1, -0.05) is 19.8 Å². The molecule has 1 aliphatic rings. The van der Waals surface area contributed by atoms with Crippen LogP contribution in [-0.4, -0.2) is 42.4 Å². The molecule has 5 heteroatoms. The fourth-order valence-electron chi connectivity index (χ4n) is 2.76. The molecule has 1 atom stereocenters. The summed E-state index contributed by atoms with van der Waals surface area (Å²) in [4.78, 5) is 26.2. The third kappa shape index (κ3) is 5.55. The third-order valence-corrected chi connectivity index (χ3v) is 4.54. The Morgan fingerprint density at radius 3 is 2.29 bits per heavy atom. The molecule has 0 aliphatic carbocycles. The van der Waals surface area contributed by atoms with E-state index in [-0.39, 0.29) is 17.9 Å². The van der Waals surface area contributed by atoms with Crippen molar-refractivity contribution < 1.29 is 9.59 Å². The summed E-state index contributed by atoms with van der Waals surface area (Å²) in [6, 6.07) is 7.44. The molecule has 2 N–H and O–H groups in total. The molecule has 2 amide bonds. The molecule has 1 aromatic carbocycles. The van der Waals surface area contributed by atoms with Crippen molar-refractivity contribution in [2.45, 2.75) is 52.0 Å². The molecule has 0 aromatic heterocycles. The summed E-state index contributed by atoms with van der Waals surface area (Å²) in [6.07, 6.45) is 5.55. The highest BCUT2D eigenvalue weighted by Gasteiger charge is 2.15. The molecule has 0 radical (unpaired) electrons. The van der Waals surface area contributed by atoms with Crippen molar-refractivity contribution in [2.24, 2.45) is 0 Å². The van der Waals surface area contributed by atoms with Gasteiger partial charge in [0.1, 0.15) is 0 Å². The Hall–Kier alpha value is -2.04. The first-order valence-electron chi connectivity index (χ1n) is 9.02. The number of benzene rings is 1. The van der Waals surface area contributed by atoms with Gasteiger partial charge in [0.15, 0.2) is 0 Å². The van der Waals surface area contributed by atoms with E-state index in [1.165, 1.54) is 12.8 Å². The summed E-state index contributed by atoms with van der Waals surface area (Å²) < 4.78 is 0. The summed E-state index contributed by atoms with van der Waals surface area (Å²) in [6.45, 7) is 6.07. The molecule has 0 spiro atoms. The zero-order valence-corrected chi connectivity index (χ0v) is 14.8.